The summed E-state index contributed by atoms with van der Waals surface area (Å²) in [5, 5.41) is 13.0. The predicted octanol–water partition coefficient (Wildman–Crippen LogP) is 3.12. The van der Waals surface area contributed by atoms with Crippen molar-refractivity contribution in [1.29, 1.82) is 5.26 Å². The molecule has 1 aromatic heterocycles. The first-order valence-electron chi connectivity index (χ1n) is 6.79. The van der Waals surface area contributed by atoms with Crippen molar-refractivity contribution in [3.05, 3.63) is 54.1 Å². The van der Waals surface area contributed by atoms with Crippen molar-refractivity contribution in [2.24, 2.45) is 5.10 Å². The lowest BCUT2D eigenvalue weighted by atomic mass is 10.2. The standard InChI is InChI=1S/C16H16N4O2/c1-3-9-21-13-7-5-12(6-8-13)11-18-20-16-14(10-17)19-15(4-2)22-16/h3,5-8,11,20H,1,4,9H2,2H3/b18-11+. The van der Waals surface area contributed by atoms with E-state index in [9.17, 15) is 0 Å². The minimum absolute atomic E-state index is 0.196. The van der Waals surface area contributed by atoms with Gasteiger partial charge in [-0.1, -0.05) is 19.6 Å². The summed E-state index contributed by atoms with van der Waals surface area (Å²) in [6.07, 6.45) is 3.92. The molecule has 1 N–H and O–H groups in total. The Labute approximate surface area is 128 Å². The molecule has 22 heavy (non-hydrogen) atoms. The number of ether oxygens (including phenoxy) is 1. The molecule has 0 radical (unpaired) electrons. The number of hydrogen-bond acceptors (Lipinski definition) is 6. The number of hydrogen-bond donors (Lipinski definition) is 1. The van der Waals surface area contributed by atoms with Crippen molar-refractivity contribution in [1.82, 2.24) is 4.98 Å². The Kier molecular flexibility index (Phi) is 5.32. The maximum atomic E-state index is 8.96. The van der Waals surface area contributed by atoms with Gasteiger partial charge < -0.3 is 9.15 Å². The summed E-state index contributed by atoms with van der Waals surface area (Å²) in [6, 6.07) is 9.38. The van der Waals surface area contributed by atoms with Gasteiger partial charge in [-0.2, -0.15) is 10.4 Å². The molecule has 0 atom stereocenters. The highest BCUT2D eigenvalue weighted by molar-refractivity contribution is 5.80. The smallest absolute Gasteiger partial charge is 0.252 e. The molecule has 0 aliphatic carbocycles. The molecule has 0 saturated carbocycles. The number of aryl methyl sites for hydroxylation is 1. The van der Waals surface area contributed by atoms with Gasteiger partial charge in [-0.3, -0.25) is 0 Å². The minimum atomic E-state index is 0.196. The first-order chi connectivity index (χ1) is 10.8. The third kappa shape index (κ3) is 3.96. The van der Waals surface area contributed by atoms with Gasteiger partial charge in [-0.25, -0.2) is 10.4 Å². The fourth-order valence-corrected chi connectivity index (χ4v) is 1.64. The van der Waals surface area contributed by atoms with E-state index >= 15 is 0 Å². The Morgan fingerprint density at radius 3 is 2.86 bits per heavy atom. The van der Waals surface area contributed by atoms with Crippen LogP contribution >= 0.6 is 0 Å². The highest BCUT2D eigenvalue weighted by Crippen LogP contribution is 2.16. The zero-order chi connectivity index (χ0) is 15.8. The van der Waals surface area contributed by atoms with Gasteiger partial charge in [0, 0.05) is 6.42 Å². The molecule has 2 aromatic rings. The van der Waals surface area contributed by atoms with Crippen LogP contribution in [-0.4, -0.2) is 17.8 Å². The van der Waals surface area contributed by atoms with Crippen LogP contribution in [0.25, 0.3) is 0 Å². The van der Waals surface area contributed by atoms with Crippen molar-refractivity contribution >= 4 is 12.1 Å². The second-order valence-electron chi connectivity index (χ2n) is 4.29. The van der Waals surface area contributed by atoms with Crippen molar-refractivity contribution < 1.29 is 9.15 Å². The van der Waals surface area contributed by atoms with E-state index in [1.54, 1.807) is 12.3 Å². The number of nitrogens with one attached hydrogen (secondary N) is 1. The van der Waals surface area contributed by atoms with Crippen molar-refractivity contribution in [3.63, 3.8) is 0 Å². The van der Waals surface area contributed by atoms with Gasteiger partial charge in [-0.05, 0) is 29.8 Å². The number of oxazole rings is 1. The molecule has 0 bridgehead atoms. The summed E-state index contributed by atoms with van der Waals surface area (Å²) in [5.41, 5.74) is 3.77. The van der Waals surface area contributed by atoms with E-state index in [0.29, 0.717) is 18.9 Å². The van der Waals surface area contributed by atoms with Crippen LogP contribution in [0.4, 0.5) is 5.88 Å². The molecule has 1 aromatic carbocycles. The van der Waals surface area contributed by atoms with Crippen LogP contribution in [0.5, 0.6) is 5.75 Å². The molecular formula is C16H16N4O2. The highest BCUT2D eigenvalue weighted by atomic mass is 16.5. The Bertz CT molecular complexity index is 696. The summed E-state index contributed by atoms with van der Waals surface area (Å²) in [6.45, 7) is 5.96. The summed E-state index contributed by atoms with van der Waals surface area (Å²) >= 11 is 0. The maximum absolute atomic E-state index is 8.96. The summed E-state index contributed by atoms with van der Waals surface area (Å²) in [5.74, 6) is 1.51. The largest absolute Gasteiger partial charge is 0.490 e. The first-order valence-corrected chi connectivity index (χ1v) is 6.79. The molecular weight excluding hydrogens is 280 g/mol. The quantitative estimate of drug-likeness (QED) is 0.482. The molecule has 2 rings (SSSR count). The van der Waals surface area contributed by atoms with Crippen molar-refractivity contribution in [2.45, 2.75) is 13.3 Å². The molecule has 0 fully saturated rings. The third-order valence-corrected chi connectivity index (χ3v) is 2.71. The van der Waals surface area contributed by atoms with E-state index in [1.165, 1.54) is 0 Å². The zero-order valence-electron chi connectivity index (χ0n) is 12.2. The van der Waals surface area contributed by atoms with Gasteiger partial charge in [0.2, 0.25) is 5.69 Å². The molecule has 0 amide bonds. The van der Waals surface area contributed by atoms with Crippen LogP contribution in [0, 0.1) is 11.3 Å². The van der Waals surface area contributed by atoms with Gasteiger partial charge in [0.25, 0.3) is 5.88 Å². The second kappa shape index (κ2) is 7.64. The summed E-state index contributed by atoms with van der Waals surface area (Å²) < 4.78 is 10.8. The van der Waals surface area contributed by atoms with Gasteiger partial charge in [0.15, 0.2) is 5.89 Å². The van der Waals surface area contributed by atoms with E-state index in [0.717, 1.165) is 11.3 Å². The lowest BCUT2D eigenvalue weighted by Crippen LogP contribution is -1.94. The number of nitriles is 1. The number of hydrazone groups is 1. The lowest BCUT2D eigenvalue weighted by molar-refractivity contribution is 0.363. The maximum Gasteiger partial charge on any atom is 0.252 e. The van der Waals surface area contributed by atoms with Crippen LogP contribution in [-0.2, 0) is 6.42 Å². The zero-order valence-corrected chi connectivity index (χ0v) is 12.2. The van der Waals surface area contributed by atoms with Gasteiger partial charge in [0.05, 0.1) is 6.21 Å². The van der Waals surface area contributed by atoms with Gasteiger partial charge >= 0.3 is 0 Å². The van der Waals surface area contributed by atoms with Crippen molar-refractivity contribution in [3.8, 4) is 11.8 Å². The molecule has 0 aliphatic heterocycles. The van der Waals surface area contributed by atoms with E-state index in [4.69, 9.17) is 14.4 Å². The minimum Gasteiger partial charge on any atom is -0.490 e. The fraction of sp³-hybridized carbons (Fsp3) is 0.188. The van der Waals surface area contributed by atoms with Crippen LogP contribution in [0.1, 0.15) is 24.1 Å². The number of benzene rings is 1. The number of rotatable bonds is 7. The topological polar surface area (TPSA) is 83.4 Å². The van der Waals surface area contributed by atoms with Crippen LogP contribution < -0.4 is 10.2 Å². The molecule has 0 saturated heterocycles. The van der Waals surface area contributed by atoms with Gasteiger partial charge in [-0.15, -0.1) is 0 Å². The molecule has 0 aliphatic rings. The molecule has 1 heterocycles. The monoisotopic (exact) mass is 296 g/mol. The normalized spacial score (nSPS) is 10.4. The van der Waals surface area contributed by atoms with E-state index in [-0.39, 0.29) is 11.6 Å². The average Bonchev–Trinajstić information content (AvgIpc) is 2.96. The molecule has 6 heteroatoms. The first kappa shape index (κ1) is 15.3. The molecule has 112 valence electrons. The molecule has 0 unspecified atom stereocenters. The molecule has 0 spiro atoms. The Morgan fingerprint density at radius 2 is 2.23 bits per heavy atom. The second-order valence-corrected chi connectivity index (χ2v) is 4.29. The fourth-order valence-electron chi connectivity index (χ4n) is 1.64. The van der Waals surface area contributed by atoms with Crippen LogP contribution in [0.2, 0.25) is 0 Å². The van der Waals surface area contributed by atoms with E-state index in [1.807, 2.05) is 37.3 Å². The lowest BCUT2D eigenvalue weighted by Gasteiger charge is -2.02. The Balaban J connectivity index is 1.99. The Morgan fingerprint density at radius 1 is 1.45 bits per heavy atom. The van der Waals surface area contributed by atoms with Crippen LogP contribution in [0.3, 0.4) is 0 Å². The highest BCUT2D eigenvalue weighted by Gasteiger charge is 2.10. The average molecular weight is 296 g/mol. The SMILES string of the molecule is C=CCOc1ccc(/C=N/Nc2oc(CC)nc2C#N)cc1. The summed E-state index contributed by atoms with van der Waals surface area (Å²) in [4.78, 5) is 4.02. The number of aromatic nitrogens is 1. The number of nitrogens with zero attached hydrogens (tertiary/aromatic N) is 3. The van der Waals surface area contributed by atoms with E-state index in [2.05, 4.69) is 22.1 Å². The third-order valence-electron chi connectivity index (χ3n) is 2.71. The molecule has 6 nitrogen and oxygen atoms in total. The van der Waals surface area contributed by atoms with Crippen molar-refractivity contribution in [2.75, 3.05) is 12.0 Å². The Hall–Kier alpha value is -3.07. The number of anilines is 1. The summed E-state index contributed by atoms with van der Waals surface area (Å²) in [7, 11) is 0. The predicted molar refractivity (Wildman–Crippen MR) is 83.9 cm³/mol. The van der Waals surface area contributed by atoms with Crippen LogP contribution in [0.15, 0.2) is 46.4 Å². The van der Waals surface area contributed by atoms with Gasteiger partial charge in [0.1, 0.15) is 18.4 Å². The van der Waals surface area contributed by atoms with E-state index < -0.39 is 0 Å².